The fourth-order valence-electron chi connectivity index (χ4n) is 1.44. The third-order valence-electron chi connectivity index (χ3n) is 2.22. The van der Waals surface area contributed by atoms with Gasteiger partial charge in [0.2, 0.25) is 0 Å². The normalized spacial score (nSPS) is 10.2. The predicted molar refractivity (Wildman–Crippen MR) is 66.7 cm³/mol. The highest BCUT2D eigenvalue weighted by Crippen LogP contribution is 2.30. The summed E-state index contributed by atoms with van der Waals surface area (Å²) >= 11 is 11.8. The van der Waals surface area contributed by atoms with Gasteiger partial charge in [-0.25, -0.2) is 9.78 Å². The van der Waals surface area contributed by atoms with Crippen molar-refractivity contribution in [3.8, 4) is 11.1 Å². The van der Waals surface area contributed by atoms with Crippen molar-refractivity contribution in [1.29, 1.82) is 0 Å². The van der Waals surface area contributed by atoms with Crippen LogP contribution in [0.5, 0.6) is 0 Å². The Morgan fingerprint density at radius 2 is 1.94 bits per heavy atom. The minimum absolute atomic E-state index is 0.0199. The summed E-state index contributed by atoms with van der Waals surface area (Å²) in [5.74, 6) is -1.07. The van der Waals surface area contributed by atoms with Crippen molar-refractivity contribution in [1.82, 2.24) is 4.98 Å². The van der Waals surface area contributed by atoms with Crippen LogP contribution in [0, 0.1) is 0 Å². The highest BCUT2D eigenvalue weighted by Gasteiger charge is 2.08. The van der Waals surface area contributed by atoms with Gasteiger partial charge >= 0.3 is 5.97 Å². The maximum atomic E-state index is 10.8. The van der Waals surface area contributed by atoms with Crippen LogP contribution < -0.4 is 0 Å². The lowest BCUT2D eigenvalue weighted by atomic mass is 10.1. The number of nitrogens with zero attached hydrogens (tertiary/aromatic N) is 1. The average Bonchev–Trinajstić information content (AvgIpc) is 2.29. The first-order valence-electron chi connectivity index (χ1n) is 4.72. The van der Waals surface area contributed by atoms with E-state index in [9.17, 15) is 4.79 Å². The minimum atomic E-state index is -1.07. The summed E-state index contributed by atoms with van der Waals surface area (Å²) in [7, 11) is 0. The smallest absolute Gasteiger partial charge is 0.354 e. The summed E-state index contributed by atoms with van der Waals surface area (Å²) in [6.45, 7) is 0. The Bertz CT molecular complexity index is 584. The summed E-state index contributed by atoms with van der Waals surface area (Å²) in [6, 6.07) is 8.22. The van der Waals surface area contributed by atoms with Gasteiger partial charge < -0.3 is 5.11 Å². The second kappa shape index (κ2) is 4.73. The largest absolute Gasteiger partial charge is 0.477 e. The quantitative estimate of drug-likeness (QED) is 0.902. The average molecular weight is 268 g/mol. The number of pyridine rings is 1. The third-order valence-corrected chi connectivity index (χ3v) is 2.77. The molecular weight excluding hydrogens is 261 g/mol. The van der Waals surface area contributed by atoms with E-state index in [-0.39, 0.29) is 5.69 Å². The van der Waals surface area contributed by atoms with Gasteiger partial charge in [-0.05, 0) is 29.8 Å². The molecule has 0 aliphatic heterocycles. The molecule has 0 unspecified atom stereocenters. The summed E-state index contributed by atoms with van der Waals surface area (Å²) < 4.78 is 0. The van der Waals surface area contributed by atoms with E-state index in [0.717, 1.165) is 5.56 Å². The number of aromatic carboxylic acids is 1. The van der Waals surface area contributed by atoms with Gasteiger partial charge in [-0.1, -0.05) is 29.3 Å². The van der Waals surface area contributed by atoms with Crippen LogP contribution in [-0.4, -0.2) is 16.1 Å². The Labute approximate surface area is 108 Å². The molecule has 1 aromatic carbocycles. The number of rotatable bonds is 2. The molecule has 0 atom stereocenters. The zero-order valence-corrected chi connectivity index (χ0v) is 10.0. The molecule has 0 saturated heterocycles. The van der Waals surface area contributed by atoms with Gasteiger partial charge in [0.15, 0.2) is 0 Å². The van der Waals surface area contributed by atoms with Crippen LogP contribution >= 0.6 is 23.2 Å². The van der Waals surface area contributed by atoms with Crippen molar-refractivity contribution in [2.75, 3.05) is 0 Å². The van der Waals surface area contributed by atoms with Crippen molar-refractivity contribution in [2.45, 2.75) is 0 Å². The first-order valence-corrected chi connectivity index (χ1v) is 5.48. The molecule has 17 heavy (non-hydrogen) atoms. The maximum Gasteiger partial charge on any atom is 0.354 e. The molecule has 0 aliphatic carbocycles. The highest BCUT2D eigenvalue weighted by molar-refractivity contribution is 6.36. The predicted octanol–water partition coefficient (Wildman–Crippen LogP) is 3.75. The van der Waals surface area contributed by atoms with E-state index in [1.165, 1.54) is 12.3 Å². The SMILES string of the molecule is O=C(O)c1cc(-c2ccc(Cl)cc2Cl)ccn1. The van der Waals surface area contributed by atoms with Crippen molar-refractivity contribution >= 4 is 29.2 Å². The molecule has 0 aliphatic rings. The van der Waals surface area contributed by atoms with E-state index < -0.39 is 5.97 Å². The standard InChI is InChI=1S/C12H7Cl2NO2/c13-8-1-2-9(10(14)6-8)7-3-4-15-11(5-7)12(16)17/h1-6H,(H,16,17). The lowest BCUT2D eigenvalue weighted by Crippen LogP contribution is -1.99. The summed E-state index contributed by atoms with van der Waals surface area (Å²) in [5, 5.41) is 9.86. The molecule has 3 nitrogen and oxygen atoms in total. The first kappa shape index (κ1) is 11.9. The first-order chi connectivity index (χ1) is 8.08. The van der Waals surface area contributed by atoms with Gasteiger partial charge in [0, 0.05) is 21.8 Å². The molecule has 2 rings (SSSR count). The molecule has 1 heterocycles. The fraction of sp³-hybridized carbons (Fsp3) is 0. The molecule has 0 saturated carbocycles. The van der Waals surface area contributed by atoms with E-state index in [4.69, 9.17) is 28.3 Å². The van der Waals surface area contributed by atoms with Gasteiger partial charge in [-0.15, -0.1) is 0 Å². The van der Waals surface area contributed by atoms with Crippen molar-refractivity contribution < 1.29 is 9.90 Å². The number of hydrogen-bond donors (Lipinski definition) is 1. The van der Waals surface area contributed by atoms with Crippen LogP contribution in [0.25, 0.3) is 11.1 Å². The molecular formula is C12H7Cl2NO2. The van der Waals surface area contributed by atoms with Crippen LogP contribution in [0.1, 0.15) is 10.5 Å². The zero-order chi connectivity index (χ0) is 12.4. The Morgan fingerprint density at radius 3 is 2.59 bits per heavy atom. The number of carboxylic acid groups (broad SMARTS) is 1. The Morgan fingerprint density at radius 1 is 1.18 bits per heavy atom. The second-order valence-electron chi connectivity index (χ2n) is 3.36. The molecule has 1 aromatic heterocycles. The number of carbonyl (C=O) groups is 1. The maximum absolute atomic E-state index is 10.8. The Kier molecular flexibility index (Phi) is 3.31. The highest BCUT2D eigenvalue weighted by atomic mass is 35.5. The summed E-state index contributed by atoms with van der Waals surface area (Å²) in [6.07, 6.45) is 1.43. The van der Waals surface area contributed by atoms with Gasteiger partial charge in [0.05, 0.1) is 0 Å². The summed E-state index contributed by atoms with van der Waals surface area (Å²) in [5.41, 5.74) is 1.40. The molecule has 1 N–H and O–H groups in total. The lowest BCUT2D eigenvalue weighted by Gasteiger charge is -2.05. The Balaban J connectivity index is 2.53. The van der Waals surface area contributed by atoms with Crippen molar-refractivity contribution in [3.05, 3.63) is 52.3 Å². The van der Waals surface area contributed by atoms with E-state index in [1.807, 2.05) is 0 Å². The molecule has 0 fully saturated rings. The fourth-order valence-corrected chi connectivity index (χ4v) is 1.96. The zero-order valence-electron chi connectivity index (χ0n) is 8.52. The van der Waals surface area contributed by atoms with Crippen molar-refractivity contribution in [2.24, 2.45) is 0 Å². The monoisotopic (exact) mass is 267 g/mol. The number of hydrogen-bond acceptors (Lipinski definition) is 2. The number of halogens is 2. The molecule has 0 bridgehead atoms. The van der Waals surface area contributed by atoms with Crippen LogP contribution in [0.4, 0.5) is 0 Å². The third kappa shape index (κ3) is 2.57. The minimum Gasteiger partial charge on any atom is -0.477 e. The molecule has 0 amide bonds. The molecule has 0 spiro atoms. The topological polar surface area (TPSA) is 50.2 Å². The number of carboxylic acids is 1. The van der Waals surface area contributed by atoms with Crippen LogP contribution in [-0.2, 0) is 0 Å². The van der Waals surface area contributed by atoms with Crippen LogP contribution in [0.15, 0.2) is 36.5 Å². The van der Waals surface area contributed by atoms with Crippen LogP contribution in [0.2, 0.25) is 10.0 Å². The van der Waals surface area contributed by atoms with Gasteiger partial charge in [0.1, 0.15) is 5.69 Å². The van der Waals surface area contributed by atoms with Crippen molar-refractivity contribution in [3.63, 3.8) is 0 Å². The van der Waals surface area contributed by atoms with Crippen LogP contribution in [0.3, 0.4) is 0 Å². The van der Waals surface area contributed by atoms with Gasteiger partial charge in [-0.2, -0.15) is 0 Å². The Hall–Kier alpha value is -1.58. The van der Waals surface area contributed by atoms with E-state index in [0.29, 0.717) is 15.6 Å². The lowest BCUT2D eigenvalue weighted by molar-refractivity contribution is 0.0690. The van der Waals surface area contributed by atoms with Gasteiger partial charge in [-0.3, -0.25) is 0 Å². The number of benzene rings is 1. The van der Waals surface area contributed by atoms with E-state index >= 15 is 0 Å². The number of aromatic nitrogens is 1. The molecule has 0 radical (unpaired) electrons. The molecule has 5 heteroatoms. The second-order valence-corrected chi connectivity index (χ2v) is 4.20. The molecule has 86 valence electrons. The summed E-state index contributed by atoms with van der Waals surface area (Å²) in [4.78, 5) is 14.5. The van der Waals surface area contributed by atoms with Gasteiger partial charge in [0.25, 0.3) is 0 Å². The van der Waals surface area contributed by atoms with E-state index in [1.54, 1.807) is 24.3 Å². The molecule has 2 aromatic rings. The van der Waals surface area contributed by atoms with E-state index in [2.05, 4.69) is 4.98 Å².